The van der Waals surface area contributed by atoms with E-state index >= 15 is 0 Å². The molecule has 5 aromatic rings. The van der Waals surface area contributed by atoms with E-state index in [-0.39, 0.29) is 0 Å². The number of thioether (sulfide) groups is 1. The molecule has 0 saturated heterocycles. The quantitative estimate of drug-likeness (QED) is 0.373. The number of thiazole rings is 1. The predicted octanol–water partition coefficient (Wildman–Crippen LogP) is 5.37. The summed E-state index contributed by atoms with van der Waals surface area (Å²) in [6, 6.07) is 14.6. The highest BCUT2D eigenvalue weighted by molar-refractivity contribution is 8.00. The van der Waals surface area contributed by atoms with Gasteiger partial charge in [0.2, 0.25) is 4.96 Å². The Morgan fingerprint density at radius 3 is 2.74 bits per heavy atom. The molecule has 27 heavy (non-hydrogen) atoms. The van der Waals surface area contributed by atoms with Gasteiger partial charge in [-0.1, -0.05) is 47.4 Å². The van der Waals surface area contributed by atoms with E-state index in [1.807, 2.05) is 22.7 Å². The summed E-state index contributed by atoms with van der Waals surface area (Å²) in [4.78, 5) is 5.49. The molecule has 3 heterocycles. The van der Waals surface area contributed by atoms with Crippen molar-refractivity contribution in [2.24, 2.45) is 0 Å². The van der Waals surface area contributed by atoms with Gasteiger partial charge in [-0.05, 0) is 43.2 Å². The third-order valence-electron chi connectivity index (χ3n) is 4.41. The normalized spacial score (nSPS) is 11.6. The van der Waals surface area contributed by atoms with Crippen molar-refractivity contribution in [3.8, 4) is 10.6 Å². The molecule has 0 amide bonds. The summed E-state index contributed by atoms with van der Waals surface area (Å²) in [6.07, 6.45) is 0. The zero-order valence-corrected chi connectivity index (χ0v) is 17.2. The van der Waals surface area contributed by atoms with Gasteiger partial charge >= 0.3 is 0 Å². The van der Waals surface area contributed by atoms with E-state index in [0.29, 0.717) is 5.75 Å². The number of para-hydroxylation sites is 1. The van der Waals surface area contributed by atoms with Crippen LogP contribution in [0.2, 0.25) is 0 Å². The topological polar surface area (TPSA) is 56.0 Å². The molecule has 0 bridgehead atoms. The van der Waals surface area contributed by atoms with Crippen LogP contribution in [0.3, 0.4) is 0 Å². The van der Waals surface area contributed by atoms with E-state index in [2.05, 4.69) is 53.3 Å². The molecule has 0 aliphatic heterocycles. The third kappa shape index (κ3) is 3.13. The summed E-state index contributed by atoms with van der Waals surface area (Å²) >= 11 is 4.95. The standard InChI is InChI=1S/C19H15N5S3/c1-11-7-8-13(9-12(11)2)17-23-24-16(21-22-18(24)27-17)10-25-19-20-14-5-3-4-6-15(14)26-19/h3-9H,10H2,1-2H3. The first-order valence-corrected chi connectivity index (χ1v) is 11.1. The second-order valence-corrected chi connectivity index (χ2v) is 9.46. The monoisotopic (exact) mass is 409 g/mol. The van der Waals surface area contributed by atoms with Crippen LogP contribution in [0.25, 0.3) is 25.7 Å². The van der Waals surface area contributed by atoms with Crippen LogP contribution in [0.5, 0.6) is 0 Å². The maximum Gasteiger partial charge on any atom is 0.235 e. The summed E-state index contributed by atoms with van der Waals surface area (Å²) in [5, 5.41) is 14.3. The van der Waals surface area contributed by atoms with E-state index in [4.69, 9.17) is 5.10 Å². The van der Waals surface area contributed by atoms with Crippen molar-refractivity contribution in [3.63, 3.8) is 0 Å². The van der Waals surface area contributed by atoms with Crippen LogP contribution in [0.1, 0.15) is 17.0 Å². The lowest BCUT2D eigenvalue weighted by Gasteiger charge is -2.01. The van der Waals surface area contributed by atoms with Crippen molar-refractivity contribution in [1.82, 2.24) is 24.8 Å². The number of hydrogen-bond donors (Lipinski definition) is 0. The zero-order chi connectivity index (χ0) is 18.4. The van der Waals surface area contributed by atoms with Crippen LogP contribution >= 0.6 is 34.4 Å². The van der Waals surface area contributed by atoms with Gasteiger partial charge < -0.3 is 0 Å². The molecule has 5 rings (SSSR count). The van der Waals surface area contributed by atoms with Crippen LogP contribution in [-0.2, 0) is 5.75 Å². The van der Waals surface area contributed by atoms with Crippen LogP contribution in [0, 0.1) is 13.8 Å². The Balaban J connectivity index is 1.42. The first-order chi connectivity index (χ1) is 13.2. The van der Waals surface area contributed by atoms with Crippen LogP contribution < -0.4 is 0 Å². The van der Waals surface area contributed by atoms with Crippen LogP contribution in [0.4, 0.5) is 0 Å². The lowest BCUT2D eigenvalue weighted by atomic mass is 10.1. The fourth-order valence-electron chi connectivity index (χ4n) is 2.78. The van der Waals surface area contributed by atoms with Crippen molar-refractivity contribution >= 4 is 49.6 Å². The summed E-state index contributed by atoms with van der Waals surface area (Å²) < 4.78 is 4.10. The van der Waals surface area contributed by atoms with Gasteiger partial charge in [-0.25, -0.2) is 4.98 Å². The Kier molecular flexibility index (Phi) is 4.18. The number of nitrogens with zero attached hydrogens (tertiary/aromatic N) is 5. The van der Waals surface area contributed by atoms with Crippen molar-refractivity contribution in [2.75, 3.05) is 0 Å². The highest BCUT2D eigenvalue weighted by atomic mass is 32.2. The average Bonchev–Trinajstić information content (AvgIpc) is 3.35. The number of aromatic nitrogens is 5. The molecular formula is C19H15N5S3. The Morgan fingerprint density at radius 2 is 1.89 bits per heavy atom. The molecule has 8 heteroatoms. The number of hydrogen-bond acceptors (Lipinski definition) is 7. The molecule has 0 N–H and O–H groups in total. The summed E-state index contributed by atoms with van der Waals surface area (Å²) in [7, 11) is 0. The summed E-state index contributed by atoms with van der Waals surface area (Å²) in [5.41, 5.74) is 4.72. The molecule has 0 aliphatic rings. The Labute approximate surface area is 168 Å². The van der Waals surface area contributed by atoms with Crippen molar-refractivity contribution in [2.45, 2.75) is 23.9 Å². The first kappa shape index (κ1) is 16.9. The first-order valence-electron chi connectivity index (χ1n) is 8.44. The molecule has 5 nitrogen and oxygen atoms in total. The van der Waals surface area contributed by atoms with Gasteiger partial charge in [0.05, 0.1) is 16.0 Å². The fraction of sp³-hybridized carbons (Fsp3) is 0.158. The van der Waals surface area contributed by atoms with Gasteiger partial charge in [0.15, 0.2) is 10.2 Å². The maximum absolute atomic E-state index is 4.75. The van der Waals surface area contributed by atoms with Gasteiger partial charge in [-0.15, -0.1) is 21.5 Å². The smallest absolute Gasteiger partial charge is 0.230 e. The van der Waals surface area contributed by atoms with E-state index in [9.17, 15) is 0 Å². The molecule has 0 atom stereocenters. The lowest BCUT2D eigenvalue weighted by molar-refractivity contribution is 0.887. The second-order valence-electron chi connectivity index (χ2n) is 6.25. The Bertz CT molecular complexity index is 1230. The lowest BCUT2D eigenvalue weighted by Crippen LogP contribution is -1.94. The molecule has 0 radical (unpaired) electrons. The van der Waals surface area contributed by atoms with Gasteiger partial charge in [-0.3, -0.25) is 0 Å². The molecule has 3 aromatic heterocycles. The predicted molar refractivity (Wildman–Crippen MR) is 113 cm³/mol. The molecule has 0 saturated carbocycles. The molecule has 0 fully saturated rings. The fourth-order valence-corrected chi connectivity index (χ4v) is 5.61. The third-order valence-corrected chi connectivity index (χ3v) is 7.53. The highest BCUT2D eigenvalue weighted by Crippen LogP contribution is 2.32. The van der Waals surface area contributed by atoms with Crippen molar-refractivity contribution < 1.29 is 0 Å². The SMILES string of the molecule is Cc1ccc(-c2nn3c(CSc4nc5ccccc5s4)nnc3s2)cc1C. The maximum atomic E-state index is 4.75. The van der Waals surface area contributed by atoms with Gasteiger partial charge in [0.25, 0.3) is 0 Å². The number of aryl methyl sites for hydroxylation is 2. The molecular weight excluding hydrogens is 394 g/mol. The van der Waals surface area contributed by atoms with E-state index in [1.165, 1.54) is 15.8 Å². The van der Waals surface area contributed by atoms with E-state index in [1.54, 1.807) is 34.4 Å². The number of benzene rings is 2. The Hall–Kier alpha value is -2.29. The number of fused-ring (bicyclic) bond motifs is 2. The average molecular weight is 410 g/mol. The molecule has 0 spiro atoms. The van der Waals surface area contributed by atoms with Crippen molar-refractivity contribution in [1.29, 1.82) is 0 Å². The number of rotatable bonds is 4. The van der Waals surface area contributed by atoms with E-state index in [0.717, 1.165) is 31.2 Å². The molecule has 134 valence electrons. The zero-order valence-electron chi connectivity index (χ0n) is 14.7. The largest absolute Gasteiger partial charge is 0.235 e. The Morgan fingerprint density at radius 1 is 1.00 bits per heavy atom. The van der Waals surface area contributed by atoms with Crippen LogP contribution in [-0.4, -0.2) is 24.8 Å². The highest BCUT2D eigenvalue weighted by Gasteiger charge is 2.14. The minimum atomic E-state index is 0.692. The van der Waals surface area contributed by atoms with Gasteiger partial charge in [-0.2, -0.15) is 9.61 Å². The molecule has 2 aromatic carbocycles. The van der Waals surface area contributed by atoms with Crippen LogP contribution in [0.15, 0.2) is 46.8 Å². The van der Waals surface area contributed by atoms with Crippen molar-refractivity contribution in [3.05, 3.63) is 59.4 Å². The second kappa shape index (κ2) is 6.70. The minimum Gasteiger partial charge on any atom is -0.230 e. The molecule has 0 unspecified atom stereocenters. The van der Waals surface area contributed by atoms with E-state index < -0.39 is 0 Å². The minimum absolute atomic E-state index is 0.692. The molecule has 0 aliphatic carbocycles. The van der Waals surface area contributed by atoms with Gasteiger partial charge in [0.1, 0.15) is 5.01 Å². The summed E-state index contributed by atoms with van der Waals surface area (Å²) in [5.74, 6) is 1.54. The summed E-state index contributed by atoms with van der Waals surface area (Å²) in [6.45, 7) is 4.24. The van der Waals surface area contributed by atoms with Gasteiger partial charge in [0, 0.05) is 5.56 Å².